The molecule has 0 amide bonds. The lowest BCUT2D eigenvalue weighted by atomic mass is 9.95. The summed E-state index contributed by atoms with van der Waals surface area (Å²) in [6, 6.07) is 17.2. The highest BCUT2D eigenvalue weighted by molar-refractivity contribution is 6.30. The van der Waals surface area contributed by atoms with Crippen LogP contribution in [0, 0.1) is 0 Å². The second-order valence-corrected chi connectivity index (χ2v) is 4.61. The van der Waals surface area contributed by atoms with Crippen molar-refractivity contribution in [1.82, 2.24) is 0 Å². The van der Waals surface area contributed by atoms with Crippen molar-refractivity contribution in [2.75, 3.05) is 0 Å². The minimum atomic E-state index is -1.41. The number of ether oxygens (including phenoxy) is 1. The molecule has 0 saturated carbocycles. The van der Waals surface area contributed by atoms with Gasteiger partial charge < -0.3 is 9.84 Å². The van der Waals surface area contributed by atoms with E-state index in [0.29, 0.717) is 11.1 Å². The second kappa shape index (κ2) is 5.34. The summed E-state index contributed by atoms with van der Waals surface area (Å²) in [4.78, 5) is 24.4. The van der Waals surface area contributed by atoms with E-state index < -0.39 is 18.0 Å². The molecule has 0 unspecified atom stereocenters. The quantitative estimate of drug-likeness (QED) is 0.532. The number of hydrogen-bond acceptors (Lipinski definition) is 4. The highest BCUT2D eigenvalue weighted by Gasteiger charge is 2.37. The van der Waals surface area contributed by atoms with Gasteiger partial charge in [-0.2, -0.15) is 0 Å². The molecule has 2 aromatic rings. The van der Waals surface area contributed by atoms with Gasteiger partial charge in [0.1, 0.15) is 5.57 Å². The van der Waals surface area contributed by atoms with Crippen LogP contribution in [-0.4, -0.2) is 23.1 Å². The summed E-state index contributed by atoms with van der Waals surface area (Å²) in [6.07, 6.45) is -1.41. The predicted octanol–water partition coefficient (Wildman–Crippen LogP) is 2.20. The average Bonchev–Trinajstić information content (AvgIpc) is 2.82. The Morgan fingerprint density at radius 3 is 2.14 bits per heavy atom. The molecule has 0 aliphatic carbocycles. The van der Waals surface area contributed by atoms with E-state index in [-0.39, 0.29) is 11.1 Å². The van der Waals surface area contributed by atoms with Crippen LogP contribution in [0.5, 0.6) is 0 Å². The summed E-state index contributed by atoms with van der Waals surface area (Å²) in [7, 11) is 0. The van der Waals surface area contributed by atoms with Gasteiger partial charge >= 0.3 is 5.97 Å². The normalized spacial score (nSPS) is 17.8. The second-order valence-electron chi connectivity index (χ2n) is 4.61. The maximum absolute atomic E-state index is 12.5. The van der Waals surface area contributed by atoms with E-state index in [1.165, 1.54) is 0 Å². The molecule has 3 rings (SSSR count). The molecule has 1 aliphatic heterocycles. The van der Waals surface area contributed by atoms with Crippen LogP contribution in [0.4, 0.5) is 0 Å². The van der Waals surface area contributed by atoms with E-state index >= 15 is 0 Å². The third kappa shape index (κ3) is 2.37. The van der Waals surface area contributed by atoms with Crippen molar-refractivity contribution in [3.63, 3.8) is 0 Å². The van der Waals surface area contributed by atoms with E-state index in [1.807, 2.05) is 6.07 Å². The zero-order valence-corrected chi connectivity index (χ0v) is 11.0. The van der Waals surface area contributed by atoms with Gasteiger partial charge in [-0.15, -0.1) is 0 Å². The average molecular weight is 280 g/mol. The van der Waals surface area contributed by atoms with Crippen LogP contribution in [-0.2, 0) is 9.53 Å². The molecule has 1 N–H and O–H groups in total. The highest BCUT2D eigenvalue weighted by Crippen LogP contribution is 2.32. The van der Waals surface area contributed by atoms with Gasteiger partial charge in [0.05, 0.1) is 0 Å². The van der Waals surface area contributed by atoms with Crippen molar-refractivity contribution in [1.29, 1.82) is 0 Å². The van der Waals surface area contributed by atoms with Crippen molar-refractivity contribution in [3.8, 4) is 0 Å². The molecule has 4 heteroatoms. The monoisotopic (exact) mass is 280 g/mol. The first-order chi connectivity index (χ1) is 10.2. The Morgan fingerprint density at radius 2 is 1.52 bits per heavy atom. The van der Waals surface area contributed by atoms with Gasteiger partial charge in [-0.1, -0.05) is 60.7 Å². The lowest BCUT2D eigenvalue weighted by Gasteiger charge is -2.07. The van der Waals surface area contributed by atoms with Gasteiger partial charge in [-0.3, -0.25) is 4.79 Å². The van der Waals surface area contributed by atoms with Gasteiger partial charge in [0.2, 0.25) is 12.1 Å². The molecule has 1 heterocycles. The summed E-state index contributed by atoms with van der Waals surface area (Å²) in [5.41, 5.74) is 1.08. The molecule has 0 aromatic heterocycles. The molecule has 0 radical (unpaired) electrons. The standard InChI is InChI=1S/C17H12O4/c18-15(12-9-5-2-6-10-12)14-13(16(19)21-17(14)20)11-7-3-1-4-8-11/h1-10,16,19H/t16-/m0/s1. The minimum absolute atomic E-state index is 0.111. The van der Waals surface area contributed by atoms with E-state index in [1.54, 1.807) is 54.6 Å². The van der Waals surface area contributed by atoms with Crippen molar-refractivity contribution in [2.24, 2.45) is 0 Å². The summed E-state index contributed by atoms with van der Waals surface area (Å²) in [6.45, 7) is 0. The Balaban J connectivity index is 2.14. The van der Waals surface area contributed by atoms with E-state index in [2.05, 4.69) is 0 Å². The number of Topliss-reactive ketones (excluding diaryl/α,β-unsaturated/α-hetero) is 1. The molecule has 2 aromatic carbocycles. The molecule has 0 bridgehead atoms. The van der Waals surface area contributed by atoms with Gasteiger partial charge in [-0.05, 0) is 5.56 Å². The number of carbonyl (C=O) groups is 2. The van der Waals surface area contributed by atoms with Gasteiger partial charge in [-0.25, -0.2) is 4.79 Å². The van der Waals surface area contributed by atoms with Crippen LogP contribution in [0.2, 0.25) is 0 Å². The van der Waals surface area contributed by atoms with Crippen LogP contribution < -0.4 is 0 Å². The molecule has 4 nitrogen and oxygen atoms in total. The van der Waals surface area contributed by atoms with Crippen molar-refractivity contribution in [2.45, 2.75) is 6.29 Å². The summed E-state index contributed by atoms with van der Waals surface area (Å²) in [5, 5.41) is 9.93. The molecule has 0 fully saturated rings. The SMILES string of the molecule is O=C1O[C@H](O)C(c2ccccc2)=C1C(=O)c1ccccc1. The number of aliphatic hydroxyl groups excluding tert-OH is 1. The molecule has 0 saturated heterocycles. The topological polar surface area (TPSA) is 63.6 Å². The van der Waals surface area contributed by atoms with Crippen LogP contribution >= 0.6 is 0 Å². The number of esters is 1. The molecule has 1 atom stereocenters. The Hall–Kier alpha value is -2.72. The van der Waals surface area contributed by atoms with Gasteiger partial charge in [0, 0.05) is 11.1 Å². The molecular formula is C17H12O4. The van der Waals surface area contributed by atoms with Crippen molar-refractivity contribution in [3.05, 3.63) is 77.4 Å². The smallest absolute Gasteiger partial charge is 0.345 e. The third-order valence-corrected chi connectivity index (χ3v) is 3.29. The summed E-state index contributed by atoms with van der Waals surface area (Å²) in [5.74, 6) is -1.24. The van der Waals surface area contributed by atoms with Crippen LogP contribution in [0.15, 0.2) is 66.2 Å². The zero-order valence-electron chi connectivity index (χ0n) is 11.0. The Labute approximate surface area is 121 Å². The number of ketones is 1. The Bertz CT molecular complexity index is 717. The number of benzene rings is 2. The van der Waals surface area contributed by atoms with Gasteiger partial charge in [0.15, 0.2) is 0 Å². The number of aliphatic hydroxyl groups is 1. The third-order valence-electron chi connectivity index (χ3n) is 3.29. The molecule has 0 spiro atoms. The predicted molar refractivity (Wildman–Crippen MR) is 76.2 cm³/mol. The maximum atomic E-state index is 12.5. The fraction of sp³-hybridized carbons (Fsp3) is 0.0588. The number of rotatable bonds is 3. The summed E-state index contributed by atoms with van der Waals surface area (Å²) < 4.78 is 4.81. The largest absolute Gasteiger partial charge is 0.428 e. The Kier molecular flexibility index (Phi) is 3.38. The fourth-order valence-electron chi connectivity index (χ4n) is 2.31. The lowest BCUT2D eigenvalue weighted by Crippen LogP contribution is -2.11. The highest BCUT2D eigenvalue weighted by atomic mass is 16.6. The van der Waals surface area contributed by atoms with E-state index in [9.17, 15) is 14.7 Å². The van der Waals surface area contributed by atoms with Crippen LogP contribution in [0.25, 0.3) is 5.57 Å². The van der Waals surface area contributed by atoms with Crippen LogP contribution in [0.1, 0.15) is 15.9 Å². The zero-order chi connectivity index (χ0) is 14.8. The summed E-state index contributed by atoms with van der Waals surface area (Å²) >= 11 is 0. The lowest BCUT2D eigenvalue weighted by molar-refractivity contribution is -0.150. The number of cyclic esters (lactones) is 1. The van der Waals surface area contributed by atoms with Crippen LogP contribution in [0.3, 0.4) is 0 Å². The van der Waals surface area contributed by atoms with E-state index in [4.69, 9.17) is 4.74 Å². The number of hydrogen-bond donors (Lipinski definition) is 1. The number of carbonyl (C=O) groups excluding carboxylic acids is 2. The first kappa shape index (κ1) is 13.3. The minimum Gasteiger partial charge on any atom is -0.428 e. The molecular weight excluding hydrogens is 268 g/mol. The first-order valence-corrected chi connectivity index (χ1v) is 6.47. The van der Waals surface area contributed by atoms with Crippen molar-refractivity contribution >= 4 is 17.3 Å². The van der Waals surface area contributed by atoms with E-state index in [0.717, 1.165) is 0 Å². The Morgan fingerprint density at radius 1 is 0.952 bits per heavy atom. The molecule has 1 aliphatic rings. The van der Waals surface area contributed by atoms with Crippen molar-refractivity contribution < 1.29 is 19.4 Å². The maximum Gasteiger partial charge on any atom is 0.345 e. The fourth-order valence-corrected chi connectivity index (χ4v) is 2.31. The van der Waals surface area contributed by atoms with Gasteiger partial charge in [0.25, 0.3) is 0 Å². The molecule has 104 valence electrons. The first-order valence-electron chi connectivity index (χ1n) is 6.47. The molecule has 21 heavy (non-hydrogen) atoms.